The number of fused-ring (bicyclic) bond motifs is 1. The van der Waals surface area contributed by atoms with E-state index in [0.717, 1.165) is 27.8 Å². The van der Waals surface area contributed by atoms with Crippen molar-refractivity contribution in [3.63, 3.8) is 0 Å². The molecule has 1 heterocycles. The smallest absolute Gasteiger partial charge is 0.496 e. The Kier molecular flexibility index (Phi) is 6.90. The summed E-state index contributed by atoms with van der Waals surface area (Å²) in [5.41, 5.74) is 5.45. The molecule has 3 aromatic carbocycles. The van der Waals surface area contributed by atoms with Crippen molar-refractivity contribution >= 4 is 12.1 Å². The third-order valence-electron chi connectivity index (χ3n) is 5.55. The van der Waals surface area contributed by atoms with Gasteiger partial charge in [-0.1, -0.05) is 54.6 Å². The average Bonchev–Trinajstić information content (AvgIpc) is 2.82. The molecule has 0 fully saturated rings. The molecule has 7 nitrogen and oxygen atoms in total. The summed E-state index contributed by atoms with van der Waals surface area (Å²) < 4.78 is 10.8. The van der Waals surface area contributed by atoms with Crippen LogP contribution in [0.2, 0.25) is 0 Å². The van der Waals surface area contributed by atoms with Gasteiger partial charge in [-0.05, 0) is 46.4 Å². The lowest BCUT2D eigenvalue weighted by Crippen LogP contribution is -2.33. The molecule has 0 aromatic heterocycles. The molecule has 0 amide bonds. The van der Waals surface area contributed by atoms with E-state index in [4.69, 9.17) is 14.3 Å². The van der Waals surface area contributed by atoms with Crippen LogP contribution in [0, 0.1) is 0 Å². The zero-order valence-corrected chi connectivity index (χ0v) is 18.3. The van der Waals surface area contributed by atoms with Crippen LogP contribution < -0.4 is 4.74 Å². The van der Waals surface area contributed by atoms with Gasteiger partial charge in [0.2, 0.25) is 0 Å². The summed E-state index contributed by atoms with van der Waals surface area (Å²) in [4.78, 5) is 28.9. The van der Waals surface area contributed by atoms with Crippen molar-refractivity contribution in [1.29, 1.82) is 0 Å². The lowest BCUT2D eigenvalue weighted by atomic mass is 9.90. The van der Waals surface area contributed by atoms with Gasteiger partial charge >= 0.3 is 12.1 Å². The number of carboxylic acid groups (broad SMARTS) is 1. The van der Waals surface area contributed by atoms with Gasteiger partial charge < -0.3 is 19.4 Å². The lowest BCUT2D eigenvalue weighted by molar-refractivity contribution is -0.139. The summed E-state index contributed by atoms with van der Waals surface area (Å²) in [6.07, 6.45) is -0.123. The fourth-order valence-corrected chi connectivity index (χ4v) is 3.98. The van der Waals surface area contributed by atoms with Crippen LogP contribution in [0.4, 0.5) is 4.79 Å². The van der Waals surface area contributed by atoms with Crippen molar-refractivity contribution in [2.45, 2.75) is 26.0 Å². The molecular formula is C26H25NO6. The zero-order valence-electron chi connectivity index (χ0n) is 18.3. The molecule has 0 spiro atoms. The Labute approximate surface area is 192 Å². The van der Waals surface area contributed by atoms with Crippen LogP contribution in [0.5, 0.6) is 5.75 Å². The standard InChI is InChI=1S/C26H25NO6/c1-31-24-11-10-19(15-25(28)29)14-22(24)21-9-5-8-20-12-13-27(16-23(20)21)33-26(30)32-17-18-6-3-2-4-7-18/h2-11,14H,12-13,15-17H2,1H3,(H,28,29). The fourth-order valence-electron chi connectivity index (χ4n) is 3.98. The minimum Gasteiger partial charge on any atom is -0.496 e. The van der Waals surface area contributed by atoms with E-state index in [2.05, 4.69) is 6.07 Å². The predicted octanol–water partition coefficient (Wildman–Crippen LogP) is 4.62. The number of methoxy groups -OCH3 is 1. The second-order valence-corrected chi connectivity index (χ2v) is 7.78. The minimum atomic E-state index is -0.894. The second kappa shape index (κ2) is 10.2. The summed E-state index contributed by atoms with van der Waals surface area (Å²) in [6.45, 7) is 1.08. The third-order valence-corrected chi connectivity index (χ3v) is 5.55. The van der Waals surface area contributed by atoms with Gasteiger partial charge in [0.15, 0.2) is 0 Å². The quantitative estimate of drug-likeness (QED) is 0.529. The molecule has 33 heavy (non-hydrogen) atoms. The minimum absolute atomic E-state index is 0.0749. The highest BCUT2D eigenvalue weighted by atomic mass is 16.8. The number of ether oxygens (including phenoxy) is 2. The van der Waals surface area contributed by atoms with E-state index in [-0.39, 0.29) is 13.0 Å². The van der Waals surface area contributed by atoms with Gasteiger partial charge in [-0.2, -0.15) is 0 Å². The topological polar surface area (TPSA) is 85.3 Å². The summed E-state index contributed by atoms with van der Waals surface area (Å²) in [5, 5.41) is 10.8. The molecule has 0 radical (unpaired) electrons. The van der Waals surface area contributed by atoms with Gasteiger partial charge in [0.25, 0.3) is 0 Å². The maximum atomic E-state index is 12.2. The van der Waals surface area contributed by atoms with E-state index in [9.17, 15) is 14.7 Å². The van der Waals surface area contributed by atoms with Crippen LogP contribution in [-0.2, 0) is 40.4 Å². The molecule has 1 N–H and O–H groups in total. The number of carbonyl (C=O) groups is 2. The molecule has 0 saturated heterocycles. The van der Waals surface area contributed by atoms with Crippen LogP contribution in [0.25, 0.3) is 11.1 Å². The third kappa shape index (κ3) is 5.51. The van der Waals surface area contributed by atoms with E-state index < -0.39 is 12.1 Å². The first kappa shape index (κ1) is 22.4. The maximum Gasteiger partial charge on any atom is 0.528 e. The molecule has 7 heteroatoms. The molecule has 0 bridgehead atoms. The van der Waals surface area contributed by atoms with Crippen molar-refractivity contribution in [2.75, 3.05) is 13.7 Å². The molecule has 0 saturated carbocycles. The molecule has 0 unspecified atom stereocenters. The van der Waals surface area contributed by atoms with Crippen LogP contribution >= 0.6 is 0 Å². The number of hydrogen-bond donors (Lipinski definition) is 1. The largest absolute Gasteiger partial charge is 0.528 e. The van der Waals surface area contributed by atoms with Crippen LogP contribution in [0.15, 0.2) is 66.7 Å². The van der Waals surface area contributed by atoms with Crippen molar-refractivity contribution in [3.05, 3.63) is 89.0 Å². The molecule has 3 aromatic rings. The Morgan fingerprint density at radius 2 is 1.79 bits per heavy atom. The molecule has 0 atom stereocenters. The number of aliphatic carboxylic acids is 1. The van der Waals surface area contributed by atoms with Crippen molar-refractivity contribution in [2.24, 2.45) is 0 Å². The summed E-state index contributed by atoms with van der Waals surface area (Å²) in [6, 6.07) is 20.8. The van der Waals surface area contributed by atoms with Gasteiger partial charge in [-0.25, -0.2) is 4.79 Å². The van der Waals surface area contributed by atoms with Crippen molar-refractivity contribution < 1.29 is 29.0 Å². The molecule has 1 aliphatic heterocycles. The van der Waals surface area contributed by atoms with Gasteiger partial charge in [0.1, 0.15) is 12.4 Å². The van der Waals surface area contributed by atoms with E-state index >= 15 is 0 Å². The first-order chi connectivity index (χ1) is 16.0. The van der Waals surface area contributed by atoms with Crippen LogP contribution in [-0.4, -0.2) is 35.9 Å². The van der Waals surface area contributed by atoms with E-state index in [0.29, 0.717) is 30.8 Å². The predicted molar refractivity (Wildman–Crippen MR) is 122 cm³/mol. The Bertz CT molecular complexity index is 1140. The molecule has 170 valence electrons. The van der Waals surface area contributed by atoms with E-state index in [1.165, 1.54) is 0 Å². The number of nitrogens with zero attached hydrogens (tertiary/aromatic N) is 1. The van der Waals surface area contributed by atoms with E-state index in [1.54, 1.807) is 24.3 Å². The molecular weight excluding hydrogens is 422 g/mol. The van der Waals surface area contributed by atoms with Crippen LogP contribution in [0.1, 0.15) is 22.3 Å². The molecule has 4 rings (SSSR count). The number of benzene rings is 3. The van der Waals surface area contributed by atoms with Gasteiger partial charge in [0, 0.05) is 12.1 Å². The maximum absolute atomic E-state index is 12.2. The summed E-state index contributed by atoms with van der Waals surface area (Å²) in [7, 11) is 1.59. The number of carbonyl (C=O) groups excluding carboxylic acids is 1. The molecule has 1 aliphatic rings. The summed E-state index contributed by atoms with van der Waals surface area (Å²) in [5.74, 6) is -0.243. The Morgan fingerprint density at radius 1 is 0.970 bits per heavy atom. The van der Waals surface area contributed by atoms with Crippen molar-refractivity contribution in [1.82, 2.24) is 5.06 Å². The summed E-state index contributed by atoms with van der Waals surface area (Å²) >= 11 is 0. The highest BCUT2D eigenvalue weighted by Gasteiger charge is 2.24. The second-order valence-electron chi connectivity index (χ2n) is 7.78. The fraction of sp³-hybridized carbons (Fsp3) is 0.231. The molecule has 0 aliphatic carbocycles. The highest BCUT2D eigenvalue weighted by molar-refractivity contribution is 5.77. The number of hydrogen-bond acceptors (Lipinski definition) is 6. The van der Waals surface area contributed by atoms with Crippen molar-refractivity contribution in [3.8, 4) is 16.9 Å². The SMILES string of the molecule is COc1ccc(CC(=O)O)cc1-c1cccc2c1CN(OC(=O)OCc1ccccc1)CC2. The number of rotatable bonds is 7. The van der Waals surface area contributed by atoms with Gasteiger partial charge in [-0.15, -0.1) is 5.06 Å². The Balaban J connectivity index is 1.52. The normalized spacial score (nSPS) is 13.1. The van der Waals surface area contributed by atoms with Gasteiger partial charge in [0.05, 0.1) is 20.1 Å². The zero-order chi connectivity index (χ0) is 23.2. The van der Waals surface area contributed by atoms with E-state index in [1.807, 2.05) is 48.5 Å². The van der Waals surface area contributed by atoms with Gasteiger partial charge in [-0.3, -0.25) is 4.79 Å². The monoisotopic (exact) mass is 447 g/mol. The first-order valence-electron chi connectivity index (χ1n) is 10.7. The number of carboxylic acids is 1. The number of hydroxylamine groups is 2. The lowest BCUT2D eigenvalue weighted by Gasteiger charge is -2.29. The average molecular weight is 447 g/mol. The van der Waals surface area contributed by atoms with Crippen LogP contribution in [0.3, 0.4) is 0 Å². The first-order valence-corrected chi connectivity index (χ1v) is 10.7. The Morgan fingerprint density at radius 3 is 2.55 bits per heavy atom. The highest BCUT2D eigenvalue weighted by Crippen LogP contribution is 2.37. The Hall–Kier alpha value is -3.84.